The first-order valence-corrected chi connectivity index (χ1v) is 5.19. The predicted octanol–water partition coefficient (Wildman–Crippen LogP) is 2.09. The maximum Gasteiger partial charge on any atom is 0.374 e. The number of hydrogen-bond acceptors (Lipinski definition) is 4. The highest BCUT2D eigenvalue weighted by molar-refractivity contribution is 5.83. The second kappa shape index (κ2) is 4.92. The lowest BCUT2D eigenvalue weighted by atomic mass is 10.1. The van der Waals surface area contributed by atoms with Crippen molar-refractivity contribution in [3.05, 3.63) is 17.6 Å². The summed E-state index contributed by atoms with van der Waals surface area (Å²) < 4.78 is 5.38. The highest BCUT2D eigenvalue weighted by Crippen LogP contribution is 2.17. The minimum Gasteiger partial charge on any atom is -0.475 e. The van der Waals surface area contributed by atoms with Gasteiger partial charge in [-0.25, -0.2) is 9.78 Å². The molecule has 0 radical (unpaired) electrons. The third kappa shape index (κ3) is 3.18. The summed E-state index contributed by atoms with van der Waals surface area (Å²) in [6.07, 6.45) is -0.0449. The van der Waals surface area contributed by atoms with Crippen molar-refractivity contribution in [3.63, 3.8) is 0 Å². The molecule has 0 aliphatic carbocycles. The van der Waals surface area contributed by atoms with Gasteiger partial charge in [-0.2, -0.15) is 4.98 Å². The van der Waals surface area contributed by atoms with Crippen molar-refractivity contribution >= 4 is 5.97 Å². The Morgan fingerprint density at radius 1 is 1.31 bits per heavy atom. The molecule has 88 valence electrons. The molecule has 0 spiro atoms. The molecule has 0 bridgehead atoms. The van der Waals surface area contributed by atoms with Crippen LogP contribution in [0.5, 0.6) is 5.88 Å². The molecule has 1 N–H and O–H groups in total. The molecule has 0 aromatic carbocycles. The van der Waals surface area contributed by atoms with Crippen molar-refractivity contribution < 1.29 is 14.6 Å². The third-order valence-electron chi connectivity index (χ3n) is 1.86. The molecule has 1 aromatic heterocycles. The molecule has 0 unspecified atom stereocenters. The number of carbonyl (C=O) groups is 1. The van der Waals surface area contributed by atoms with Crippen LogP contribution in [0.25, 0.3) is 0 Å². The maximum atomic E-state index is 10.8. The van der Waals surface area contributed by atoms with E-state index in [-0.39, 0.29) is 17.8 Å². The lowest BCUT2D eigenvalue weighted by molar-refractivity contribution is 0.0680. The topological polar surface area (TPSA) is 72.3 Å². The third-order valence-corrected chi connectivity index (χ3v) is 1.86. The average molecular weight is 224 g/mol. The van der Waals surface area contributed by atoms with Crippen LogP contribution in [0.2, 0.25) is 0 Å². The number of aromatic carboxylic acids is 1. The second-order valence-electron chi connectivity index (χ2n) is 4.08. The van der Waals surface area contributed by atoms with E-state index in [1.807, 2.05) is 27.7 Å². The normalized spacial score (nSPS) is 10.9. The molecule has 1 heterocycles. The Balaban J connectivity index is 3.13. The Labute approximate surface area is 94.5 Å². The Kier molecular flexibility index (Phi) is 3.82. The summed E-state index contributed by atoms with van der Waals surface area (Å²) in [4.78, 5) is 18.6. The van der Waals surface area contributed by atoms with Crippen molar-refractivity contribution in [1.29, 1.82) is 0 Å². The summed E-state index contributed by atoms with van der Waals surface area (Å²) in [7, 11) is 0. The molecule has 16 heavy (non-hydrogen) atoms. The molecule has 0 atom stereocenters. The summed E-state index contributed by atoms with van der Waals surface area (Å²) in [5, 5.41) is 8.87. The molecule has 0 aliphatic rings. The van der Waals surface area contributed by atoms with E-state index in [9.17, 15) is 4.79 Å². The van der Waals surface area contributed by atoms with Gasteiger partial charge in [-0.15, -0.1) is 0 Å². The number of carboxylic acids is 1. The zero-order valence-corrected chi connectivity index (χ0v) is 9.89. The fourth-order valence-electron chi connectivity index (χ4n) is 1.14. The molecular weight excluding hydrogens is 208 g/mol. The standard InChI is InChI=1S/C11H16N2O3/c1-6(2)8-5-9(16-7(3)4)13-10(12-8)11(14)15/h5-7H,1-4H3,(H,14,15). The lowest BCUT2D eigenvalue weighted by Gasteiger charge is -2.11. The summed E-state index contributed by atoms with van der Waals surface area (Å²) in [5.74, 6) is -0.917. The molecule has 0 saturated heterocycles. The smallest absolute Gasteiger partial charge is 0.374 e. The molecule has 0 amide bonds. The van der Waals surface area contributed by atoms with E-state index in [1.54, 1.807) is 6.07 Å². The molecule has 1 rings (SSSR count). The van der Waals surface area contributed by atoms with E-state index in [0.29, 0.717) is 11.6 Å². The maximum absolute atomic E-state index is 10.8. The van der Waals surface area contributed by atoms with Crippen LogP contribution in [0.4, 0.5) is 0 Å². The minimum absolute atomic E-state index is 0.0449. The molecule has 5 heteroatoms. The summed E-state index contributed by atoms with van der Waals surface area (Å²) in [6, 6.07) is 1.68. The van der Waals surface area contributed by atoms with Gasteiger partial charge in [-0.1, -0.05) is 13.8 Å². The van der Waals surface area contributed by atoms with Crippen LogP contribution in [0.15, 0.2) is 6.07 Å². The van der Waals surface area contributed by atoms with Gasteiger partial charge in [0.2, 0.25) is 11.7 Å². The molecule has 0 saturated carbocycles. The van der Waals surface area contributed by atoms with Crippen LogP contribution in [0, 0.1) is 0 Å². The number of nitrogens with zero attached hydrogens (tertiary/aromatic N) is 2. The average Bonchev–Trinajstić information content (AvgIpc) is 2.15. The van der Waals surface area contributed by atoms with Gasteiger partial charge in [0.05, 0.1) is 11.8 Å². The van der Waals surface area contributed by atoms with Gasteiger partial charge in [-0.3, -0.25) is 0 Å². The lowest BCUT2D eigenvalue weighted by Crippen LogP contribution is -2.12. The van der Waals surface area contributed by atoms with Crippen molar-refractivity contribution in [2.24, 2.45) is 0 Å². The van der Waals surface area contributed by atoms with Crippen LogP contribution < -0.4 is 4.74 Å². The number of aromatic nitrogens is 2. The van der Waals surface area contributed by atoms with Crippen LogP contribution in [0.1, 0.15) is 49.9 Å². The van der Waals surface area contributed by atoms with Gasteiger partial charge in [0.25, 0.3) is 0 Å². The Hall–Kier alpha value is -1.65. The fraction of sp³-hybridized carbons (Fsp3) is 0.545. The number of hydrogen-bond donors (Lipinski definition) is 1. The summed E-state index contributed by atoms with van der Waals surface area (Å²) in [6.45, 7) is 7.59. The van der Waals surface area contributed by atoms with Crippen LogP contribution >= 0.6 is 0 Å². The SMILES string of the molecule is CC(C)Oc1cc(C(C)C)nc(C(=O)O)n1. The van der Waals surface area contributed by atoms with Crippen molar-refractivity contribution in [3.8, 4) is 5.88 Å². The first-order valence-electron chi connectivity index (χ1n) is 5.19. The quantitative estimate of drug-likeness (QED) is 0.847. The van der Waals surface area contributed by atoms with E-state index in [4.69, 9.17) is 9.84 Å². The van der Waals surface area contributed by atoms with E-state index < -0.39 is 5.97 Å². The molecule has 1 aromatic rings. The first-order chi connectivity index (χ1) is 7.40. The molecule has 0 fully saturated rings. The minimum atomic E-state index is -1.14. The zero-order valence-electron chi connectivity index (χ0n) is 9.89. The zero-order chi connectivity index (χ0) is 12.3. The molecule has 0 aliphatic heterocycles. The van der Waals surface area contributed by atoms with Gasteiger partial charge in [0.1, 0.15) is 0 Å². The number of ether oxygens (including phenoxy) is 1. The van der Waals surface area contributed by atoms with E-state index in [2.05, 4.69) is 9.97 Å². The predicted molar refractivity (Wildman–Crippen MR) is 58.8 cm³/mol. The van der Waals surface area contributed by atoms with Crippen LogP contribution in [0.3, 0.4) is 0 Å². The van der Waals surface area contributed by atoms with Crippen molar-refractivity contribution in [2.75, 3.05) is 0 Å². The number of carboxylic acid groups (broad SMARTS) is 1. The second-order valence-corrected chi connectivity index (χ2v) is 4.08. The number of rotatable bonds is 4. The largest absolute Gasteiger partial charge is 0.475 e. The highest BCUT2D eigenvalue weighted by atomic mass is 16.5. The van der Waals surface area contributed by atoms with Gasteiger partial charge >= 0.3 is 5.97 Å². The van der Waals surface area contributed by atoms with Gasteiger partial charge in [-0.05, 0) is 19.8 Å². The van der Waals surface area contributed by atoms with E-state index >= 15 is 0 Å². The van der Waals surface area contributed by atoms with E-state index in [1.165, 1.54) is 0 Å². The van der Waals surface area contributed by atoms with Crippen LogP contribution in [-0.2, 0) is 0 Å². The van der Waals surface area contributed by atoms with Gasteiger partial charge < -0.3 is 9.84 Å². The Bertz CT molecular complexity index is 389. The monoisotopic (exact) mass is 224 g/mol. The summed E-state index contributed by atoms with van der Waals surface area (Å²) >= 11 is 0. The highest BCUT2D eigenvalue weighted by Gasteiger charge is 2.14. The fourth-order valence-corrected chi connectivity index (χ4v) is 1.14. The Morgan fingerprint density at radius 3 is 2.38 bits per heavy atom. The van der Waals surface area contributed by atoms with E-state index in [0.717, 1.165) is 0 Å². The van der Waals surface area contributed by atoms with Gasteiger partial charge in [0.15, 0.2) is 0 Å². The van der Waals surface area contributed by atoms with Crippen molar-refractivity contribution in [2.45, 2.75) is 39.7 Å². The molecule has 5 nitrogen and oxygen atoms in total. The van der Waals surface area contributed by atoms with Crippen LogP contribution in [-0.4, -0.2) is 27.1 Å². The Morgan fingerprint density at radius 2 is 1.94 bits per heavy atom. The van der Waals surface area contributed by atoms with Crippen molar-refractivity contribution in [1.82, 2.24) is 9.97 Å². The first kappa shape index (κ1) is 12.4. The van der Waals surface area contributed by atoms with Gasteiger partial charge in [0, 0.05) is 6.07 Å². The summed E-state index contributed by atoms with van der Waals surface area (Å²) in [5.41, 5.74) is 0.669. The molecular formula is C11H16N2O3.